The normalized spacial score (nSPS) is 37.9. The average molecular weight is 242 g/mol. The van der Waals surface area contributed by atoms with Gasteiger partial charge in [0.15, 0.2) is 6.29 Å². The van der Waals surface area contributed by atoms with Gasteiger partial charge in [-0.2, -0.15) is 8.42 Å². The van der Waals surface area contributed by atoms with Crippen molar-refractivity contribution in [3.05, 3.63) is 0 Å². The summed E-state index contributed by atoms with van der Waals surface area (Å²) in [5, 5.41) is 18.9. The highest BCUT2D eigenvalue weighted by atomic mass is 32.2. The van der Waals surface area contributed by atoms with E-state index >= 15 is 0 Å². The molecule has 90 valence electrons. The number of methoxy groups -OCH3 is 1. The van der Waals surface area contributed by atoms with Crippen LogP contribution in [0.3, 0.4) is 0 Å². The van der Waals surface area contributed by atoms with Crippen LogP contribution in [0.2, 0.25) is 0 Å². The lowest BCUT2D eigenvalue weighted by atomic mass is 10.1. The summed E-state index contributed by atoms with van der Waals surface area (Å²) in [5.74, 6) is 0. The molecule has 1 rings (SSSR count). The summed E-state index contributed by atoms with van der Waals surface area (Å²) in [6.07, 6.45) is -3.93. The number of aliphatic hydroxyl groups excluding tert-OH is 2. The number of hydrogen-bond donors (Lipinski definition) is 2. The van der Waals surface area contributed by atoms with Crippen LogP contribution in [-0.4, -0.2) is 63.2 Å². The van der Waals surface area contributed by atoms with Gasteiger partial charge in [-0.3, -0.25) is 4.18 Å². The van der Waals surface area contributed by atoms with Gasteiger partial charge in [0.2, 0.25) is 0 Å². The topological polar surface area (TPSA) is 102 Å². The van der Waals surface area contributed by atoms with Crippen molar-refractivity contribution in [1.82, 2.24) is 0 Å². The number of ether oxygens (including phenoxy) is 2. The van der Waals surface area contributed by atoms with Gasteiger partial charge >= 0.3 is 0 Å². The Hall–Kier alpha value is -0.250. The molecule has 0 aromatic heterocycles. The highest BCUT2D eigenvalue weighted by molar-refractivity contribution is 7.86. The summed E-state index contributed by atoms with van der Waals surface area (Å²) in [6.45, 7) is -0.163. The predicted molar refractivity (Wildman–Crippen MR) is 48.5 cm³/mol. The Morgan fingerprint density at radius 1 is 1.33 bits per heavy atom. The molecule has 0 bridgehead atoms. The van der Waals surface area contributed by atoms with E-state index in [4.69, 9.17) is 9.47 Å². The highest BCUT2D eigenvalue weighted by Crippen LogP contribution is 2.19. The van der Waals surface area contributed by atoms with Crippen LogP contribution in [0.15, 0.2) is 0 Å². The predicted octanol–water partition coefficient (Wildman–Crippen LogP) is -1.94. The standard InChI is InChI=1S/C7H14O7S/c1-12-7-6(9)5(8)4(3-13-7)14-15(2,10)11/h4-9H,3H2,1-2H3/t4-,5-,6+,7-/m1/s1. The molecule has 0 radical (unpaired) electrons. The molecule has 0 saturated carbocycles. The van der Waals surface area contributed by atoms with Crippen LogP contribution in [0.25, 0.3) is 0 Å². The van der Waals surface area contributed by atoms with E-state index < -0.39 is 34.7 Å². The quantitative estimate of drug-likeness (QED) is 0.555. The molecule has 1 heterocycles. The van der Waals surface area contributed by atoms with E-state index in [1.165, 1.54) is 7.11 Å². The molecule has 1 aliphatic rings. The van der Waals surface area contributed by atoms with Crippen molar-refractivity contribution >= 4 is 10.1 Å². The fourth-order valence-corrected chi connectivity index (χ4v) is 1.90. The first-order valence-electron chi connectivity index (χ1n) is 4.24. The summed E-state index contributed by atoms with van der Waals surface area (Å²) in [6, 6.07) is 0. The molecule has 0 aromatic carbocycles. The van der Waals surface area contributed by atoms with Gasteiger partial charge in [-0.25, -0.2) is 0 Å². The van der Waals surface area contributed by atoms with Crippen LogP contribution < -0.4 is 0 Å². The van der Waals surface area contributed by atoms with Crippen LogP contribution in [0.4, 0.5) is 0 Å². The lowest BCUT2D eigenvalue weighted by molar-refractivity contribution is -0.257. The van der Waals surface area contributed by atoms with Crippen molar-refractivity contribution < 1.29 is 32.3 Å². The third kappa shape index (κ3) is 3.37. The third-order valence-corrected chi connectivity index (χ3v) is 2.56. The third-order valence-electron chi connectivity index (χ3n) is 1.97. The molecule has 0 amide bonds. The number of rotatable bonds is 3. The summed E-state index contributed by atoms with van der Waals surface area (Å²) in [5.41, 5.74) is 0. The van der Waals surface area contributed by atoms with Crippen molar-refractivity contribution in [2.75, 3.05) is 20.0 Å². The van der Waals surface area contributed by atoms with E-state index in [0.29, 0.717) is 0 Å². The Labute approximate surface area is 87.7 Å². The maximum absolute atomic E-state index is 10.8. The SMILES string of the molecule is CO[C@@H]1OC[C@@H](OS(C)(=O)=O)[C@@H](O)[C@@H]1O. The molecule has 1 fully saturated rings. The summed E-state index contributed by atoms with van der Waals surface area (Å²) >= 11 is 0. The lowest BCUT2D eigenvalue weighted by Crippen LogP contribution is -2.54. The van der Waals surface area contributed by atoms with Crippen molar-refractivity contribution in [2.24, 2.45) is 0 Å². The molecule has 0 spiro atoms. The fourth-order valence-electron chi connectivity index (χ4n) is 1.28. The Bertz CT molecular complexity index is 300. The van der Waals surface area contributed by atoms with E-state index in [1.807, 2.05) is 0 Å². The minimum Gasteiger partial charge on any atom is -0.387 e. The summed E-state index contributed by atoms with van der Waals surface area (Å²) in [7, 11) is -2.39. The van der Waals surface area contributed by atoms with E-state index in [0.717, 1.165) is 6.26 Å². The minimum atomic E-state index is -3.70. The molecule has 1 saturated heterocycles. The molecule has 0 unspecified atom stereocenters. The van der Waals surface area contributed by atoms with Crippen LogP contribution in [0, 0.1) is 0 Å². The first kappa shape index (κ1) is 12.8. The molecular weight excluding hydrogens is 228 g/mol. The first-order chi connectivity index (χ1) is 6.85. The van der Waals surface area contributed by atoms with E-state index in [9.17, 15) is 18.6 Å². The first-order valence-corrected chi connectivity index (χ1v) is 6.05. The molecule has 2 N–H and O–H groups in total. The number of aliphatic hydroxyl groups is 2. The Balaban J connectivity index is 2.64. The lowest BCUT2D eigenvalue weighted by Gasteiger charge is -2.35. The molecule has 0 aliphatic carbocycles. The van der Waals surface area contributed by atoms with Gasteiger partial charge < -0.3 is 19.7 Å². The Morgan fingerprint density at radius 2 is 1.93 bits per heavy atom. The molecule has 1 aliphatic heterocycles. The van der Waals surface area contributed by atoms with Crippen LogP contribution >= 0.6 is 0 Å². The average Bonchev–Trinajstić information content (AvgIpc) is 2.11. The molecule has 7 nitrogen and oxygen atoms in total. The molecule has 8 heteroatoms. The van der Waals surface area contributed by atoms with Crippen molar-refractivity contribution in [1.29, 1.82) is 0 Å². The van der Waals surface area contributed by atoms with E-state index in [2.05, 4.69) is 4.18 Å². The van der Waals surface area contributed by atoms with Gasteiger partial charge in [0.25, 0.3) is 10.1 Å². The smallest absolute Gasteiger partial charge is 0.264 e. The minimum absolute atomic E-state index is 0.163. The Morgan fingerprint density at radius 3 is 2.40 bits per heavy atom. The second kappa shape index (κ2) is 4.73. The maximum Gasteiger partial charge on any atom is 0.264 e. The molecule has 15 heavy (non-hydrogen) atoms. The van der Waals surface area contributed by atoms with E-state index in [-0.39, 0.29) is 6.61 Å². The summed E-state index contributed by atoms with van der Waals surface area (Å²) < 4.78 is 35.8. The summed E-state index contributed by atoms with van der Waals surface area (Å²) in [4.78, 5) is 0. The van der Waals surface area contributed by atoms with Gasteiger partial charge in [0, 0.05) is 7.11 Å². The fraction of sp³-hybridized carbons (Fsp3) is 1.00. The van der Waals surface area contributed by atoms with Crippen LogP contribution in [0.1, 0.15) is 0 Å². The zero-order valence-electron chi connectivity index (χ0n) is 8.36. The maximum atomic E-state index is 10.8. The monoisotopic (exact) mass is 242 g/mol. The van der Waals surface area contributed by atoms with E-state index in [1.54, 1.807) is 0 Å². The van der Waals surface area contributed by atoms with Gasteiger partial charge in [-0.1, -0.05) is 0 Å². The molecular formula is C7H14O7S. The number of hydrogen-bond acceptors (Lipinski definition) is 7. The van der Waals surface area contributed by atoms with Gasteiger partial charge in [-0.15, -0.1) is 0 Å². The van der Waals surface area contributed by atoms with Crippen molar-refractivity contribution in [2.45, 2.75) is 24.6 Å². The Kier molecular flexibility index (Phi) is 4.04. The highest BCUT2D eigenvalue weighted by Gasteiger charge is 2.40. The van der Waals surface area contributed by atoms with Gasteiger partial charge in [0.1, 0.15) is 18.3 Å². The van der Waals surface area contributed by atoms with Gasteiger partial charge in [-0.05, 0) is 0 Å². The van der Waals surface area contributed by atoms with Crippen LogP contribution in [0.5, 0.6) is 0 Å². The van der Waals surface area contributed by atoms with Crippen molar-refractivity contribution in [3.63, 3.8) is 0 Å². The molecule has 0 aromatic rings. The van der Waals surface area contributed by atoms with Crippen molar-refractivity contribution in [3.8, 4) is 0 Å². The second-order valence-corrected chi connectivity index (χ2v) is 4.86. The largest absolute Gasteiger partial charge is 0.387 e. The second-order valence-electron chi connectivity index (χ2n) is 3.26. The zero-order valence-corrected chi connectivity index (χ0v) is 9.18. The zero-order chi connectivity index (χ0) is 11.6. The molecule has 4 atom stereocenters. The van der Waals surface area contributed by atoms with Gasteiger partial charge in [0.05, 0.1) is 12.9 Å². The van der Waals surface area contributed by atoms with Crippen LogP contribution in [-0.2, 0) is 23.8 Å².